The Hall–Kier alpha value is -2.15. The van der Waals surface area contributed by atoms with Gasteiger partial charge in [-0.05, 0) is 25.0 Å². The number of methoxy groups -OCH3 is 1. The van der Waals surface area contributed by atoms with E-state index in [1.54, 1.807) is 6.07 Å². The van der Waals surface area contributed by atoms with Crippen LogP contribution >= 0.6 is 0 Å². The SMILES string of the molecule is COC(=O)c1cc(NCC2CCCO2)ccc1[N+](=O)[O-]. The summed E-state index contributed by atoms with van der Waals surface area (Å²) in [5.74, 6) is -0.725. The molecule has 0 saturated carbocycles. The molecule has 0 radical (unpaired) electrons. The smallest absolute Gasteiger partial charge is 0.344 e. The molecular formula is C13H16N2O5. The summed E-state index contributed by atoms with van der Waals surface area (Å²) in [7, 11) is 1.19. The molecule has 1 aliphatic heterocycles. The summed E-state index contributed by atoms with van der Waals surface area (Å²) < 4.78 is 10.0. The van der Waals surface area contributed by atoms with Gasteiger partial charge in [0.25, 0.3) is 5.69 Å². The molecule has 1 atom stereocenters. The molecule has 7 heteroatoms. The first-order valence-electron chi connectivity index (χ1n) is 6.34. The maximum atomic E-state index is 11.6. The Kier molecular flexibility index (Phi) is 4.52. The van der Waals surface area contributed by atoms with Gasteiger partial charge >= 0.3 is 5.97 Å². The van der Waals surface area contributed by atoms with Gasteiger partial charge in [0.2, 0.25) is 0 Å². The van der Waals surface area contributed by atoms with Crippen molar-refractivity contribution < 1.29 is 19.2 Å². The molecule has 20 heavy (non-hydrogen) atoms. The molecule has 1 N–H and O–H groups in total. The van der Waals surface area contributed by atoms with E-state index in [1.165, 1.54) is 19.2 Å². The van der Waals surface area contributed by atoms with Crippen molar-refractivity contribution in [2.24, 2.45) is 0 Å². The standard InChI is InChI=1S/C13H16N2O5/c1-19-13(16)11-7-9(4-5-12(11)15(17)18)14-8-10-3-2-6-20-10/h4-5,7,10,14H,2-3,6,8H2,1H3. The number of rotatable bonds is 5. The van der Waals surface area contributed by atoms with Crippen LogP contribution in [-0.4, -0.2) is 37.3 Å². The van der Waals surface area contributed by atoms with Crippen LogP contribution in [0.2, 0.25) is 0 Å². The molecule has 7 nitrogen and oxygen atoms in total. The first-order chi connectivity index (χ1) is 9.61. The van der Waals surface area contributed by atoms with Crippen molar-refractivity contribution in [2.75, 3.05) is 25.6 Å². The van der Waals surface area contributed by atoms with Crippen molar-refractivity contribution in [1.82, 2.24) is 0 Å². The van der Waals surface area contributed by atoms with E-state index in [1.807, 2.05) is 0 Å². The van der Waals surface area contributed by atoms with Gasteiger partial charge in [-0.3, -0.25) is 10.1 Å². The van der Waals surface area contributed by atoms with E-state index in [0.717, 1.165) is 19.4 Å². The second-order valence-corrected chi connectivity index (χ2v) is 4.50. The fourth-order valence-electron chi connectivity index (χ4n) is 2.12. The molecule has 1 unspecified atom stereocenters. The van der Waals surface area contributed by atoms with Crippen LogP contribution in [0.4, 0.5) is 11.4 Å². The van der Waals surface area contributed by atoms with Crippen molar-refractivity contribution in [1.29, 1.82) is 0 Å². The highest BCUT2D eigenvalue weighted by atomic mass is 16.6. The Labute approximate surface area is 116 Å². The second-order valence-electron chi connectivity index (χ2n) is 4.50. The number of anilines is 1. The van der Waals surface area contributed by atoms with Crippen molar-refractivity contribution in [3.8, 4) is 0 Å². The first-order valence-corrected chi connectivity index (χ1v) is 6.34. The quantitative estimate of drug-likeness (QED) is 0.504. The summed E-state index contributed by atoms with van der Waals surface area (Å²) in [5, 5.41) is 14.0. The predicted molar refractivity (Wildman–Crippen MR) is 71.9 cm³/mol. The first kappa shape index (κ1) is 14.3. The Morgan fingerprint density at radius 3 is 3.00 bits per heavy atom. The largest absolute Gasteiger partial charge is 0.465 e. The molecule has 0 bridgehead atoms. The number of nitro benzene ring substituents is 1. The molecule has 0 aromatic heterocycles. The number of hydrogen-bond donors (Lipinski definition) is 1. The minimum atomic E-state index is -0.725. The fraction of sp³-hybridized carbons (Fsp3) is 0.462. The minimum Gasteiger partial charge on any atom is -0.465 e. The molecule has 0 spiro atoms. The van der Waals surface area contributed by atoms with Crippen molar-refractivity contribution >= 4 is 17.3 Å². The summed E-state index contributed by atoms with van der Waals surface area (Å²) in [5.41, 5.74) is 0.306. The van der Waals surface area contributed by atoms with E-state index in [4.69, 9.17) is 4.74 Å². The lowest BCUT2D eigenvalue weighted by atomic mass is 10.1. The van der Waals surface area contributed by atoms with Crippen molar-refractivity contribution in [2.45, 2.75) is 18.9 Å². The average molecular weight is 280 g/mol. The summed E-state index contributed by atoms with van der Waals surface area (Å²) in [4.78, 5) is 21.8. The number of benzene rings is 1. The molecule has 1 aromatic carbocycles. The van der Waals surface area contributed by atoms with E-state index in [0.29, 0.717) is 12.2 Å². The lowest BCUT2D eigenvalue weighted by Crippen LogP contribution is -2.18. The molecule has 1 heterocycles. The molecule has 108 valence electrons. The average Bonchev–Trinajstić information content (AvgIpc) is 2.97. The Balaban J connectivity index is 2.13. The predicted octanol–water partition coefficient (Wildman–Crippen LogP) is 1.97. The molecule has 1 saturated heterocycles. The molecule has 1 aliphatic rings. The minimum absolute atomic E-state index is 0.0603. The molecular weight excluding hydrogens is 264 g/mol. The van der Waals surface area contributed by atoms with Gasteiger partial charge in [0.15, 0.2) is 0 Å². The van der Waals surface area contributed by atoms with E-state index in [9.17, 15) is 14.9 Å². The van der Waals surface area contributed by atoms with Crippen LogP contribution in [-0.2, 0) is 9.47 Å². The maximum Gasteiger partial charge on any atom is 0.344 e. The fourth-order valence-corrected chi connectivity index (χ4v) is 2.12. The van der Waals surface area contributed by atoms with Gasteiger partial charge in [-0.1, -0.05) is 0 Å². The summed E-state index contributed by atoms with van der Waals surface area (Å²) in [6, 6.07) is 4.29. The van der Waals surface area contributed by atoms with E-state index in [-0.39, 0.29) is 17.4 Å². The number of ether oxygens (including phenoxy) is 2. The van der Waals surface area contributed by atoms with E-state index in [2.05, 4.69) is 10.1 Å². The Morgan fingerprint density at radius 2 is 2.40 bits per heavy atom. The third-order valence-corrected chi connectivity index (χ3v) is 3.16. The number of nitrogens with one attached hydrogen (secondary N) is 1. The van der Waals surface area contributed by atoms with E-state index < -0.39 is 10.9 Å². The third kappa shape index (κ3) is 3.24. The lowest BCUT2D eigenvalue weighted by molar-refractivity contribution is -0.385. The molecule has 2 rings (SSSR count). The lowest BCUT2D eigenvalue weighted by Gasteiger charge is -2.12. The van der Waals surface area contributed by atoms with Gasteiger partial charge in [-0.2, -0.15) is 0 Å². The highest BCUT2D eigenvalue weighted by Gasteiger charge is 2.22. The van der Waals surface area contributed by atoms with Crippen molar-refractivity contribution in [3.63, 3.8) is 0 Å². The van der Waals surface area contributed by atoms with Gasteiger partial charge in [-0.25, -0.2) is 4.79 Å². The van der Waals surface area contributed by atoms with Crippen LogP contribution in [0.3, 0.4) is 0 Å². The zero-order chi connectivity index (χ0) is 14.5. The van der Waals surface area contributed by atoms with Gasteiger partial charge in [0.05, 0.1) is 18.1 Å². The number of nitro groups is 1. The monoisotopic (exact) mass is 280 g/mol. The number of hydrogen-bond acceptors (Lipinski definition) is 6. The van der Waals surface area contributed by atoms with Crippen molar-refractivity contribution in [3.05, 3.63) is 33.9 Å². The Morgan fingerprint density at radius 1 is 1.60 bits per heavy atom. The van der Waals surface area contributed by atoms with Crippen LogP contribution in [0.5, 0.6) is 0 Å². The zero-order valence-electron chi connectivity index (χ0n) is 11.1. The van der Waals surface area contributed by atoms with Crippen LogP contribution in [0.1, 0.15) is 23.2 Å². The van der Waals surface area contributed by atoms with Crippen LogP contribution in [0.25, 0.3) is 0 Å². The van der Waals surface area contributed by atoms with Gasteiger partial charge < -0.3 is 14.8 Å². The summed E-state index contributed by atoms with van der Waals surface area (Å²) in [6.45, 7) is 1.37. The number of carbonyl (C=O) groups excluding carboxylic acids is 1. The topological polar surface area (TPSA) is 90.7 Å². The van der Waals surface area contributed by atoms with Crippen LogP contribution < -0.4 is 5.32 Å². The maximum absolute atomic E-state index is 11.6. The second kappa shape index (κ2) is 6.33. The molecule has 0 amide bonds. The van der Waals surface area contributed by atoms with E-state index >= 15 is 0 Å². The van der Waals surface area contributed by atoms with Gasteiger partial charge in [-0.15, -0.1) is 0 Å². The normalized spacial score (nSPS) is 17.8. The third-order valence-electron chi connectivity index (χ3n) is 3.16. The Bertz CT molecular complexity index is 511. The van der Waals surface area contributed by atoms with Gasteiger partial charge in [0, 0.05) is 24.9 Å². The zero-order valence-corrected chi connectivity index (χ0v) is 11.1. The number of esters is 1. The molecule has 0 aliphatic carbocycles. The van der Waals surface area contributed by atoms with Gasteiger partial charge in [0.1, 0.15) is 5.56 Å². The highest BCUT2D eigenvalue weighted by molar-refractivity contribution is 5.95. The molecule has 1 aromatic rings. The number of nitrogens with zero attached hydrogens (tertiary/aromatic N) is 1. The summed E-state index contributed by atoms with van der Waals surface area (Å²) >= 11 is 0. The summed E-state index contributed by atoms with van der Waals surface area (Å²) in [6.07, 6.45) is 2.18. The highest BCUT2D eigenvalue weighted by Crippen LogP contribution is 2.24. The number of carbonyl (C=O) groups is 1. The van der Waals surface area contributed by atoms with Crippen LogP contribution in [0, 0.1) is 10.1 Å². The van der Waals surface area contributed by atoms with Crippen LogP contribution in [0.15, 0.2) is 18.2 Å². The molecule has 1 fully saturated rings.